The molecule has 0 saturated carbocycles. The summed E-state index contributed by atoms with van der Waals surface area (Å²) in [6.45, 7) is 2.61. The Morgan fingerprint density at radius 1 is 1.50 bits per heavy atom. The van der Waals surface area contributed by atoms with E-state index in [0.29, 0.717) is 0 Å². The van der Waals surface area contributed by atoms with Crippen LogP contribution in [0.3, 0.4) is 0 Å². The number of nitrogens with zero attached hydrogens (tertiary/aromatic N) is 2. The average Bonchev–Trinajstić information content (AvgIpc) is 1.84. The van der Waals surface area contributed by atoms with Crippen molar-refractivity contribution in [1.29, 1.82) is 0 Å². The van der Waals surface area contributed by atoms with Crippen LogP contribution in [0.25, 0.3) is 0 Å². The fourth-order valence-electron chi connectivity index (χ4n) is 0.763. The lowest BCUT2D eigenvalue weighted by Crippen LogP contribution is -2.29. The molecule has 0 spiro atoms. The molecule has 0 saturated heterocycles. The molecule has 6 heteroatoms. The van der Waals surface area contributed by atoms with Crippen LogP contribution in [-0.2, 0) is 4.74 Å². The van der Waals surface area contributed by atoms with Crippen molar-refractivity contribution in [3.05, 3.63) is 0 Å². The van der Waals surface area contributed by atoms with Gasteiger partial charge in [0.1, 0.15) is 6.10 Å². The number of hydrogen-bond acceptors (Lipinski definition) is 3. The molecule has 1 unspecified atom stereocenters. The number of rotatable bonds is 3. The van der Waals surface area contributed by atoms with E-state index in [0.717, 1.165) is 6.54 Å². The molecule has 0 N–H and O–H groups in total. The van der Waals surface area contributed by atoms with Crippen LogP contribution in [0.5, 0.6) is 0 Å². The Bertz CT molecular complexity index is 152. The van der Waals surface area contributed by atoms with Crippen molar-refractivity contribution in [3.8, 4) is 0 Å². The van der Waals surface area contributed by atoms with E-state index >= 15 is 0 Å². The van der Waals surface area contributed by atoms with Crippen LogP contribution >= 0.6 is 45.7 Å². The lowest BCUT2D eigenvalue weighted by Gasteiger charge is -2.18. The van der Waals surface area contributed by atoms with Gasteiger partial charge in [-0.2, -0.15) is 1.33 Å². The van der Waals surface area contributed by atoms with Crippen LogP contribution in [0.4, 0.5) is 4.79 Å². The molecule has 0 rings (SSSR count). The zero-order chi connectivity index (χ0) is 9.72. The van der Waals surface area contributed by atoms with Crippen molar-refractivity contribution in [3.63, 3.8) is 0 Å². The zero-order valence-corrected chi connectivity index (χ0v) is 11.6. The maximum atomic E-state index is 11.0. The van der Waals surface area contributed by atoms with Crippen LogP contribution in [0.2, 0.25) is 0 Å². The third-order valence-corrected chi connectivity index (χ3v) is 1.85. The molecule has 4 nitrogen and oxygen atoms in total. The number of carbonyl (C=O) groups excluding carboxylic acids is 1. The van der Waals surface area contributed by atoms with Gasteiger partial charge in [0, 0.05) is 6.54 Å². The summed E-state index contributed by atoms with van der Waals surface area (Å²) in [5, 5.41) is 0. The Morgan fingerprint density at radius 3 is 2.33 bits per heavy atom. The standard InChI is InChI=1S/C6H12I2N2O2/c1-5(4-9(2)3)12-6(11)10(7)8/h5H,4H2,1-3H3. The minimum Gasteiger partial charge on any atom is -0.444 e. The van der Waals surface area contributed by atoms with Crippen LogP contribution < -0.4 is 0 Å². The molecular formula is C6H12I2N2O2. The number of halogens is 2. The van der Waals surface area contributed by atoms with Gasteiger partial charge >= 0.3 is 6.09 Å². The maximum absolute atomic E-state index is 11.0. The summed E-state index contributed by atoms with van der Waals surface area (Å²) in [5.41, 5.74) is 0. The molecule has 1 atom stereocenters. The van der Waals surface area contributed by atoms with Gasteiger partial charge in [-0.25, -0.2) is 4.79 Å². The van der Waals surface area contributed by atoms with Crippen molar-refractivity contribution in [1.82, 2.24) is 6.23 Å². The van der Waals surface area contributed by atoms with Crippen LogP contribution in [0, 0.1) is 0 Å². The van der Waals surface area contributed by atoms with E-state index in [4.69, 9.17) is 4.74 Å². The fraction of sp³-hybridized carbons (Fsp3) is 0.833. The van der Waals surface area contributed by atoms with Crippen LogP contribution in [0.15, 0.2) is 0 Å². The second-order valence-corrected chi connectivity index (χ2v) is 6.47. The van der Waals surface area contributed by atoms with E-state index in [1.54, 1.807) is 0 Å². The maximum Gasteiger partial charge on any atom is 0.428 e. The van der Waals surface area contributed by atoms with Gasteiger partial charge in [-0.05, 0) is 21.0 Å². The molecule has 0 radical (unpaired) electrons. The minimum atomic E-state index is -0.314. The Labute approximate surface area is 101 Å². The van der Waals surface area contributed by atoms with E-state index in [1.165, 1.54) is 1.33 Å². The molecule has 0 aliphatic rings. The third-order valence-electron chi connectivity index (χ3n) is 1.06. The summed E-state index contributed by atoms with van der Waals surface area (Å²) >= 11 is 3.73. The highest BCUT2D eigenvalue weighted by Crippen LogP contribution is 2.10. The van der Waals surface area contributed by atoms with Gasteiger partial charge in [0.2, 0.25) is 0 Å². The zero-order valence-electron chi connectivity index (χ0n) is 7.25. The average molecular weight is 398 g/mol. The van der Waals surface area contributed by atoms with Crippen molar-refractivity contribution in [2.75, 3.05) is 20.6 Å². The van der Waals surface area contributed by atoms with Gasteiger partial charge < -0.3 is 9.64 Å². The summed E-state index contributed by atoms with van der Waals surface area (Å²) in [7, 11) is 3.88. The predicted molar refractivity (Wildman–Crippen MR) is 64.4 cm³/mol. The predicted octanol–water partition coefficient (Wildman–Crippen LogP) is 2.08. The molecular weight excluding hydrogens is 386 g/mol. The quantitative estimate of drug-likeness (QED) is 0.540. The first kappa shape index (κ1) is 12.7. The van der Waals surface area contributed by atoms with E-state index in [1.807, 2.05) is 71.6 Å². The molecule has 0 fully saturated rings. The first-order chi connectivity index (χ1) is 5.43. The Kier molecular flexibility index (Phi) is 6.55. The number of ether oxygens (including phenoxy) is 1. The molecule has 12 heavy (non-hydrogen) atoms. The first-order valence-electron chi connectivity index (χ1n) is 3.40. The summed E-state index contributed by atoms with van der Waals surface area (Å²) < 4.78 is 6.42. The number of amides is 1. The summed E-state index contributed by atoms with van der Waals surface area (Å²) in [6.07, 6.45) is -0.384. The Hall–Kier alpha value is 0.690. The fourth-order valence-corrected chi connectivity index (χ4v) is 0.991. The first-order valence-corrected chi connectivity index (χ1v) is 5.33. The smallest absolute Gasteiger partial charge is 0.428 e. The van der Waals surface area contributed by atoms with Crippen molar-refractivity contribution >= 4 is 51.8 Å². The number of carbonyl (C=O) groups is 1. The van der Waals surface area contributed by atoms with Gasteiger partial charge in [0.15, 0.2) is 0 Å². The second kappa shape index (κ2) is 6.19. The lowest BCUT2D eigenvalue weighted by molar-refractivity contribution is 0.0907. The molecule has 0 aliphatic carbocycles. The van der Waals surface area contributed by atoms with Crippen LogP contribution in [0.1, 0.15) is 6.92 Å². The van der Waals surface area contributed by atoms with Gasteiger partial charge in [-0.1, -0.05) is 0 Å². The van der Waals surface area contributed by atoms with E-state index in [9.17, 15) is 4.79 Å². The number of likely N-dealkylation sites (N-methyl/N-ethyl adjacent to an activating group) is 1. The lowest BCUT2D eigenvalue weighted by atomic mass is 10.4. The Morgan fingerprint density at radius 2 is 2.00 bits per heavy atom. The van der Waals surface area contributed by atoms with E-state index < -0.39 is 0 Å². The van der Waals surface area contributed by atoms with Crippen molar-refractivity contribution < 1.29 is 9.53 Å². The third kappa shape index (κ3) is 6.23. The highest BCUT2D eigenvalue weighted by atomic mass is 127. The molecule has 0 bridgehead atoms. The van der Waals surface area contributed by atoms with Gasteiger partial charge in [0.05, 0.1) is 45.7 Å². The van der Waals surface area contributed by atoms with Gasteiger partial charge in [-0.3, -0.25) is 0 Å². The molecule has 0 heterocycles. The van der Waals surface area contributed by atoms with Gasteiger partial charge in [-0.15, -0.1) is 0 Å². The SMILES string of the molecule is CC(CN(C)C)OC(=O)N(I)I. The molecule has 0 aromatic rings. The summed E-state index contributed by atoms with van der Waals surface area (Å²) in [4.78, 5) is 13.0. The van der Waals surface area contributed by atoms with Crippen molar-refractivity contribution in [2.45, 2.75) is 13.0 Å². The monoisotopic (exact) mass is 398 g/mol. The van der Waals surface area contributed by atoms with Gasteiger partial charge in [0.25, 0.3) is 0 Å². The molecule has 72 valence electrons. The molecule has 0 aliphatic heterocycles. The Balaban J connectivity index is 3.69. The molecule has 0 aromatic carbocycles. The largest absolute Gasteiger partial charge is 0.444 e. The summed E-state index contributed by atoms with van der Waals surface area (Å²) in [5.74, 6) is 0. The minimum absolute atomic E-state index is 0.0699. The molecule has 0 aromatic heterocycles. The molecule has 1 amide bonds. The topological polar surface area (TPSA) is 32.8 Å². The highest BCUT2D eigenvalue weighted by molar-refractivity contribution is 14.2. The van der Waals surface area contributed by atoms with E-state index in [2.05, 4.69) is 0 Å². The van der Waals surface area contributed by atoms with Crippen molar-refractivity contribution in [2.24, 2.45) is 0 Å². The van der Waals surface area contributed by atoms with E-state index in [-0.39, 0.29) is 12.2 Å². The van der Waals surface area contributed by atoms with Crippen LogP contribution in [-0.4, -0.2) is 39.1 Å². The normalized spacial score (nSPS) is 12.8. The summed E-state index contributed by atoms with van der Waals surface area (Å²) in [6, 6.07) is 0. The number of hydrogen-bond donors (Lipinski definition) is 0. The second-order valence-electron chi connectivity index (χ2n) is 2.69. The highest BCUT2D eigenvalue weighted by Gasteiger charge is 2.13.